The Labute approximate surface area is 213 Å². The molecule has 0 aliphatic carbocycles. The van der Waals surface area contributed by atoms with Crippen molar-refractivity contribution < 1.29 is 17.9 Å². The minimum atomic E-state index is -3.95. The van der Waals surface area contributed by atoms with Crippen LogP contribution in [0.1, 0.15) is 22.3 Å². The lowest BCUT2D eigenvalue weighted by Gasteiger charge is -2.29. The number of nitrogens with zero attached hydrogens (tertiary/aromatic N) is 2. The summed E-state index contributed by atoms with van der Waals surface area (Å²) in [6, 6.07) is 20.2. The quantitative estimate of drug-likeness (QED) is 0.499. The maximum Gasteiger partial charge on any atom is 0.264 e. The maximum absolute atomic E-state index is 13.6. The number of amides is 1. The molecular weight excluding hydrogens is 474 g/mol. The average Bonchev–Trinajstić information content (AvgIpc) is 2.87. The Morgan fingerprint density at radius 1 is 0.917 bits per heavy atom. The van der Waals surface area contributed by atoms with Crippen LogP contribution in [-0.4, -0.2) is 47.2 Å². The Kier molecular flexibility index (Phi) is 7.96. The Bertz CT molecular complexity index is 1300. The van der Waals surface area contributed by atoms with Crippen LogP contribution in [0.3, 0.4) is 0 Å². The molecule has 1 fully saturated rings. The molecule has 7 nitrogen and oxygen atoms in total. The van der Waals surface area contributed by atoms with Gasteiger partial charge in [-0.15, -0.1) is 0 Å². The lowest BCUT2D eigenvalue weighted by atomic mass is 10.1. The number of carbonyl (C=O) groups is 1. The third-order valence-corrected chi connectivity index (χ3v) is 8.09. The van der Waals surface area contributed by atoms with Crippen LogP contribution in [-0.2, 0) is 26.1 Å². The molecule has 0 spiro atoms. The number of hydrogen-bond acceptors (Lipinski definition) is 5. The summed E-state index contributed by atoms with van der Waals surface area (Å²) in [6.07, 6.45) is 0. The van der Waals surface area contributed by atoms with E-state index in [1.165, 1.54) is 4.31 Å². The topological polar surface area (TPSA) is 79.0 Å². The molecule has 0 atom stereocenters. The first-order valence-corrected chi connectivity index (χ1v) is 13.5. The van der Waals surface area contributed by atoms with Gasteiger partial charge >= 0.3 is 0 Å². The van der Waals surface area contributed by atoms with E-state index in [0.29, 0.717) is 12.2 Å². The zero-order chi connectivity index (χ0) is 25.7. The van der Waals surface area contributed by atoms with Gasteiger partial charge in [-0.05, 0) is 62.2 Å². The highest BCUT2D eigenvalue weighted by atomic mass is 32.2. The van der Waals surface area contributed by atoms with E-state index >= 15 is 0 Å². The Hall–Kier alpha value is -3.36. The molecule has 1 N–H and O–H groups in total. The highest BCUT2D eigenvalue weighted by Gasteiger charge is 2.28. The molecule has 190 valence electrons. The first kappa shape index (κ1) is 25.7. The second-order valence-electron chi connectivity index (χ2n) is 9.16. The van der Waals surface area contributed by atoms with Crippen molar-refractivity contribution in [2.45, 2.75) is 32.2 Å². The van der Waals surface area contributed by atoms with Crippen LogP contribution in [0.4, 0.5) is 11.4 Å². The molecule has 0 bridgehead atoms. The van der Waals surface area contributed by atoms with Gasteiger partial charge < -0.3 is 15.0 Å². The van der Waals surface area contributed by atoms with Gasteiger partial charge in [0.05, 0.1) is 23.8 Å². The van der Waals surface area contributed by atoms with E-state index in [1.807, 2.05) is 57.2 Å². The van der Waals surface area contributed by atoms with E-state index in [9.17, 15) is 13.2 Å². The van der Waals surface area contributed by atoms with E-state index in [1.54, 1.807) is 30.3 Å². The normalized spacial score (nSPS) is 13.9. The third-order valence-electron chi connectivity index (χ3n) is 6.32. The van der Waals surface area contributed by atoms with Crippen LogP contribution in [0.2, 0.25) is 0 Å². The van der Waals surface area contributed by atoms with Crippen molar-refractivity contribution >= 4 is 27.3 Å². The van der Waals surface area contributed by atoms with Crippen molar-refractivity contribution in [2.75, 3.05) is 42.1 Å². The Morgan fingerprint density at radius 2 is 1.56 bits per heavy atom. The lowest BCUT2D eigenvalue weighted by Crippen LogP contribution is -2.41. The predicted octanol–water partition coefficient (Wildman–Crippen LogP) is 3.96. The number of hydrogen-bond donors (Lipinski definition) is 1. The molecule has 36 heavy (non-hydrogen) atoms. The molecule has 0 saturated carbocycles. The van der Waals surface area contributed by atoms with Crippen LogP contribution < -0.4 is 14.5 Å². The van der Waals surface area contributed by atoms with Crippen molar-refractivity contribution in [3.05, 3.63) is 89.0 Å². The number of nitrogens with one attached hydrogen (secondary N) is 1. The number of morpholine rings is 1. The summed E-state index contributed by atoms with van der Waals surface area (Å²) < 4.78 is 33.8. The van der Waals surface area contributed by atoms with Crippen LogP contribution in [0, 0.1) is 20.8 Å². The summed E-state index contributed by atoms with van der Waals surface area (Å²) in [7, 11) is -3.95. The second-order valence-corrected chi connectivity index (χ2v) is 11.0. The second kappa shape index (κ2) is 11.1. The van der Waals surface area contributed by atoms with Gasteiger partial charge in [-0.25, -0.2) is 8.42 Å². The van der Waals surface area contributed by atoms with Crippen LogP contribution in [0.15, 0.2) is 71.6 Å². The van der Waals surface area contributed by atoms with Crippen molar-refractivity contribution in [1.82, 2.24) is 5.32 Å². The van der Waals surface area contributed by atoms with Gasteiger partial charge in [0.1, 0.15) is 6.54 Å². The number of rotatable bonds is 8. The largest absolute Gasteiger partial charge is 0.378 e. The molecule has 1 aliphatic rings. The zero-order valence-electron chi connectivity index (χ0n) is 21.0. The number of anilines is 2. The minimum absolute atomic E-state index is 0.152. The standard InChI is InChI=1S/C28H33N3O4S/c1-21-4-11-26(12-5-21)36(33,34)31(27-13-6-22(2)18-23(27)3)20-28(32)29-19-24-7-9-25(10-8-24)30-14-16-35-17-15-30/h4-13,18H,14-17,19-20H2,1-3H3,(H,29,32). The fourth-order valence-corrected chi connectivity index (χ4v) is 5.74. The van der Waals surface area contributed by atoms with E-state index in [-0.39, 0.29) is 17.3 Å². The van der Waals surface area contributed by atoms with Crippen molar-refractivity contribution in [3.63, 3.8) is 0 Å². The molecule has 1 aliphatic heterocycles. The van der Waals surface area contributed by atoms with Gasteiger partial charge in [-0.3, -0.25) is 9.10 Å². The van der Waals surface area contributed by atoms with Gasteiger partial charge in [-0.1, -0.05) is 47.5 Å². The van der Waals surface area contributed by atoms with E-state index in [4.69, 9.17) is 4.74 Å². The summed E-state index contributed by atoms with van der Waals surface area (Å²) >= 11 is 0. The molecule has 3 aromatic carbocycles. The molecule has 0 aromatic heterocycles. The minimum Gasteiger partial charge on any atom is -0.378 e. The molecule has 3 aromatic rings. The molecular formula is C28H33N3O4S. The van der Waals surface area contributed by atoms with E-state index in [0.717, 1.165) is 54.2 Å². The SMILES string of the molecule is Cc1ccc(S(=O)(=O)N(CC(=O)NCc2ccc(N3CCOCC3)cc2)c2ccc(C)cc2C)cc1. The van der Waals surface area contributed by atoms with Gasteiger partial charge in [-0.2, -0.15) is 0 Å². The first-order chi connectivity index (χ1) is 17.2. The number of ether oxygens (including phenoxy) is 1. The van der Waals surface area contributed by atoms with Crippen molar-refractivity contribution in [1.29, 1.82) is 0 Å². The number of benzene rings is 3. The molecule has 0 unspecified atom stereocenters. The molecule has 4 rings (SSSR count). The third kappa shape index (κ3) is 6.06. The van der Waals surface area contributed by atoms with Gasteiger partial charge in [0, 0.05) is 25.3 Å². The van der Waals surface area contributed by atoms with Crippen molar-refractivity contribution in [3.8, 4) is 0 Å². The molecule has 8 heteroatoms. The monoisotopic (exact) mass is 507 g/mol. The van der Waals surface area contributed by atoms with E-state index < -0.39 is 10.0 Å². The molecule has 0 radical (unpaired) electrons. The van der Waals surface area contributed by atoms with Gasteiger partial charge in [0.2, 0.25) is 5.91 Å². The smallest absolute Gasteiger partial charge is 0.264 e. The molecule has 1 amide bonds. The van der Waals surface area contributed by atoms with Crippen LogP contribution in [0.25, 0.3) is 0 Å². The highest BCUT2D eigenvalue weighted by Crippen LogP contribution is 2.27. The number of sulfonamides is 1. The predicted molar refractivity (Wildman–Crippen MR) is 143 cm³/mol. The lowest BCUT2D eigenvalue weighted by molar-refractivity contribution is -0.119. The maximum atomic E-state index is 13.6. The van der Waals surface area contributed by atoms with Gasteiger partial charge in [0.25, 0.3) is 10.0 Å². The summed E-state index contributed by atoms with van der Waals surface area (Å²) in [6.45, 7) is 8.87. The Morgan fingerprint density at radius 3 is 2.19 bits per heavy atom. The zero-order valence-corrected chi connectivity index (χ0v) is 21.8. The van der Waals surface area contributed by atoms with Crippen molar-refractivity contribution in [2.24, 2.45) is 0 Å². The molecule has 1 heterocycles. The van der Waals surface area contributed by atoms with Crippen LogP contribution in [0.5, 0.6) is 0 Å². The summed E-state index contributed by atoms with van der Waals surface area (Å²) in [4.78, 5) is 15.4. The number of carbonyl (C=O) groups excluding carboxylic acids is 1. The fraction of sp³-hybridized carbons (Fsp3) is 0.321. The highest BCUT2D eigenvalue weighted by molar-refractivity contribution is 7.92. The molecule has 1 saturated heterocycles. The summed E-state index contributed by atoms with van der Waals surface area (Å²) in [5.41, 5.74) is 5.33. The first-order valence-electron chi connectivity index (χ1n) is 12.1. The summed E-state index contributed by atoms with van der Waals surface area (Å²) in [5.74, 6) is -0.372. The van der Waals surface area contributed by atoms with Gasteiger partial charge in [0.15, 0.2) is 0 Å². The summed E-state index contributed by atoms with van der Waals surface area (Å²) in [5, 5.41) is 2.88. The average molecular weight is 508 g/mol. The fourth-order valence-electron chi connectivity index (χ4n) is 4.26. The number of aryl methyl sites for hydroxylation is 3. The Balaban J connectivity index is 1.49. The van der Waals surface area contributed by atoms with Crippen LogP contribution >= 0.6 is 0 Å². The van der Waals surface area contributed by atoms with E-state index in [2.05, 4.69) is 10.2 Å².